The van der Waals surface area contributed by atoms with Crippen molar-refractivity contribution in [2.45, 2.75) is 168 Å². The van der Waals surface area contributed by atoms with Crippen molar-refractivity contribution in [2.24, 2.45) is 0 Å². The van der Waals surface area contributed by atoms with E-state index in [9.17, 15) is 4.79 Å². The number of hydrogen-bond acceptors (Lipinski definition) is 2. The van der Waals surface area contributed by atoms with E-state index in [4.69, 9.17) is 5.11 Å². The van der Waals surface area contributed by atoms with Crippen LogP contribution >= 0.6 is 0 Å². The van der Waals surface area contributed by atoms with Crippen molar-refractivity contribution >= 4 is 5.97 Å². The van der Waals surface area contributed by atoms with Gasteiger partial charge in [0.05, 0.1) is 0 Å². The highest BCUT2D eigenvalue weighted by Gasteiger charge is 2.06. The molecule has 0 radical (unpaired) electrons. The lowest BCUT2D eigenvalue weighted by molar-refractivity contribution is -0.137. The fraction of sp³-hybridized carbons (Fsp3) is 0.967. The molecule has 0 rings (SSSR count). The standard InChI is InChI=1S/C30H61NO2/c1-3-5-7-9-11-13-15-17-19-21-23-27-31(29-25-26-30(32)33)28-24-22-20-18-16-14-12-10-8-6-4-2/h3-29H2,1-2H3,(H,32,33). The average molecular weight is 468 g/mol. The van der Waals surface area contributed by atoms with Gasteiger partial charge in [-0.15, -0.1) is 0 Å². The molecule has 0 aromatic heterocycles. The van der Waals surface area contributed by atoms with Crippen LogP contribution in [0.1, 0.15) is 168 Å². The highest BCUT2D eigenvalue weighted by atomic mass is 16.4. The first-order valence-electron chi connectivity index (χ1n) is 15.1. The molecule has 0 bridgehead atoms. The molecule has 0 saturated carbocycles. The van der Waals surface area contributed by atoms with Crippen LogP contribution in [-0.2, 0) is 4.79 Å². The minimum Gasteiger partial charge on any atom is -0.481 e. The Kier molecular flexibility index (Phi) is 27.2. The Balaban J connectivity index is 3.70. The van der Waals surface area contributed by atoms with E-state index in [2.05, 4.69) is 18.7 Å². The Morgan fingerprint density at radius 1 is 0.455 bits per heavy atom. The number of aliphatic carboxylic acids is 1. The predicted molar refractivity (Wildman–Crippen MR) is 146 cm³/mol. The number of unbranched alkanes of at least 4 members (excludes halogenated alkanes) is 20. The van der Waals surface area contributed by atoms with E-state index >= 15 is 0 Å². The summed E-state index contributed by atoms with van der Waals surface area (Å²) in [5, 5.41) is 8.96. The van der Waals surface area contributed by atoms with Gasteiger partial charge in [-0.25, -0.2) is 0 Å². The first kappa shape index (κ1) is 32.4. The van der Waals surface area contributed by atoms with E-state index in [1.165, 1.54) is 141 Å². The second-order valence-electron chi connectivity index (χ2n) is 10.4. The Morgan fingerprint density at radius 2 is 0.727 bits per heavy atom. The van der Waals surface area contributed by atoms with Crippen LogP contribution < -0.4 is 0 Å². The second-order valence-corrected chi connectivity index (χ2v) is 10.4. The van der Waals surface area contributed by atoms with Crippen LogP contribution in [0.4, 0.5) is 0 Å². The maximum absolute atomic E-state index is 10.9. The summed E-state index contributed by atoms with van der Waals surface area (Å²) in [6.45, 7) is 7.85. The number of rotatable bonds is 28. The van der Waals surface area contributed by atoms with Crippen LogP contribution in [0.15, 0.2) is 0 Å². The van der Waals surface area contributed by atoms with Crippen molar-refractivity contribution in [1.82, 2.24) is 4.90 Å². The molecule has 1 N–H and O–H groups in total. The number of carboxylic acid groups (broad SMARTS) is 1. The summed E-state index contributed by atoms with van der Waals surface area (Å²) in [6.07, 6.45) is 31.6. The maximum Gasteiger partial charge on any atom is 0.303 e. The third-order valence-corrected chi connectivity index (χ3v) is 7.02. The van der Waals surface area contributed by atoms with Crippen molar-refractivity contribution in [1.29, 1.82) is 0 Å². The molecule has 0 amide bonds. The van der Waals surface area contributed by atoms with Crippen LogP contribution in [0.25, 0.3) is 0 Å². The minimum absolute atomic E-state index is 0.313. The number of carbonyl (C=O) groups is 1. The second kappa shape index (κ2) is 27.7. The van der Waals surface area contributed by atoms with Crippen molar-refractivity contribution in [3.63, 3.8) is 0 Å². The van der Waals surface area contributed by atoms with Crippen LogP contribution in [0.2, 0.25) is 0 Å². The number of nitrogens with zero attached hydrogens (tertiary/aromatic N) is 1. The normalized spacial score (nSPS) is 11.5. The minimum atomic E-state index is -0.653. The van der Waals surface area contributed by atoms with Crippen molar-refractivity contribution < 1.29 is 9.90 Å². The molecule has 0 aromatic rings. The zero-order valence-corrected chi connectivity index (χ0v) is 22.9. The van der Waals surface area contributed by atoms with Gasteiger partial charge in [-0.2, -0.15) is 0 Å². The smallest absolute Gasteiger partial charge is 0.303 e. The van der Waals surface area contributed by atoms with Crippen molar-refractivity contribution in [2.75, 3.05) is 19.6 Å². The maximum atomic E-state index is 10.9. The lowest BCUT2D eigenvalue weighted by Crippen LogP contribution is -2.27. The van der Waals surface area contributed by atoms with Gasteiger partial charge >= 0.3 is 5.97 Å². The van der Waals surface area contributed by atoms with Gasteiger partial charge in [0.15, 0.2) is 0 Å². The quantitative estimate of drug-likeness (QED) is 0.116. The van der Waals surface area contributed by atoms with Crippen LogP contribution in [0.3, 0.4) is 0 Å². The van der Waals surface area contributed by atoms with Crippen molar-refractivity contribution in [3.8, 4) is 0 Å². The molecule has 0 saturated heterocycles. The summed E-state index contributed by atoms with van der Waals surface area (Å²) in [4.78, 5) is 13.4. The van der Waals surface area contributed by atoms with Gasteiger partial charge in [0.25, 0.3) is 0 Å². The van der Waals surface area contributed by atoms with Crippen LogP contribution in [0, 0.1) is 0 Å². The van der Waals surface area contributed by atoms with Gasteiger partial charge in [0.2, 0.25) is 0 Å². The predicted octanol–water partition coefficient (Wildman–Crippen LogP) is 9.78. The molecular formula is C30H61NO2. The molecule has 0 aromatic carbocycles. The lowest BCUT2D eigenvalue weighted by Gasteiger charge is -2.22. The Hall–Kier alpha value is -0.570. The monoisotopic (exact) mass is 467 g/mol. The molecule has 0 aliphatic rings. The van der Waals surface area contributed by atoms with E-state index in [0.29, 0.717) is 6.42 Å². The van der Waals surface area contributed by atoms with Gasteiger partial charge < -0.3 is 10.0 Å². The van der Waals surface area contributed by atoms with Gasteiger partial charge in [-0.3, -0.25) is 4.79 Å². The summed E-state index contributed by atoms with van der Waals surface area (Å²) < 4.78 is 0. The molecule has 0 atom stereocenters. The molecule has 0 heterocycles. The highest BCUT2D eigenvalue weighted by Crippen LogP contribution is 2.13. The zero-order valence-electron chi connectivity index (χ0n) is 22.9. The molecule has 0 fully saturated rings. The zero-order chi connectivity index (χ0) is 24.2. The Morgan fingerprint density at radius 3 is 1.03 bits per heavy atom. The summed E-state index contributed by atoms with van der Waals surface area (Å²) in [7, 11) is 0. The first-order valence-corrected chi connectivity index (χ1v) is 15.1. The largest absolute Gasteiger partial charge is 0.481 e. The third-order valence-electron chi connectivity index (χ3n) is 7.02. The number of carboxylic acids is 1. The SMILES string of the molecule is CCCCCCCCCCCCCN(CCCCCCCCCCCCC)CCCC(=O)O. The summed E-state index contributed by atoms with van der Waals surface area (Å²) in [5.74, 6) is -0.653. The van der Waals surface area contributed by atoms with E-state index in [1.54, 1.807) is 0 Å². The van der Waals surface area contributed by atoms with Gasteiger partial charge in [-0.05, 0) is 38.9 Å². The molecule has 0 aliphatic carbocycles. The summed E-state index contributed by atoms with van der Waals surface area (Å²) in [6, 6.07) is 0. The Labute approximate surface area is 208 Å². The average Bonchev–Trinajstić information content (AvgIpc) is 2.80. The molecular weight excluding hydrogens is 406 g/mol. The fourth-order valence-electron chi connectivity index (χ4n) is 4.79. The van der Waals surface area contributed by atoms with Gasteiger partial charge in [0, 0.05) is 6.42 Å². The summed E-state index contributed by atoms with van der Waals surface area (Å²) >= 11 is 0. The topological polar surface area (TPSA) is 40.5 Å². The van der Waals surface area contributed by atoms with E-state index in [0.717, 1.165) is 26.1 Å². The van der Waals surface area contributed by atoms with E-state index < -0.39 is 5.97 Å². The van der Waals surface area contributed by atoms with Crippen LogP contribution in [0.5, 0.6) is 0 Å². The first-order chi connectivity index (χ1) is 16.2. The van der Waals surface area contributed by atoms with Gasteiger partial charge in [-0.1, -0.05) is 142 Å². The molecule has 0 unspecified atom stereocenters. The molecule has 198 valence electrons. The molecule has 0 aliphatic heterocycles. The van der Waals surface area contributed by atoms with Crippen molar-refractivity contribution in [3.05, 3.63) is 0 Å². The molecule has 3 nitrogen and oxygen atoms in total. The van der Waals surface area contributed by atoms with E-state index in [1.807, 2.05) is 0 Å². The molecule has 0 spiro atoms. The third kappa shape index (κ3) is 27.6. The highest BCUT2D eigenvalue weighted by molar-refractivity contribution is 5.66. The fourth-order valence-corrected chi connectivity index (χ4v) is 4.79. The molecule has 33 heavy (non-hydrogen) atoms. The van der Waals surface area contributed by atoms with E-state index in [-0.39, 0.29) is 0 Å². The summed E-state index contributed by atoms with van der Waals surface area (Å²) in [5.41, 5.74) is 0. The number of hydrogen-bond donors (Lipinski definition) is 1. The molecule has 3 heteroatoms. The Bertz CT molecular complexity index is 359. The lowest BCUT2D eigenvalue weighted by atomic mass is 10.1. The van der Waals surface area contributed by atoms with Crippen LogP contribution in [-0.4, -0.2) is 35.6 Å². The van der Waals surface area contributed by atoms with Gasteiger partial charge in [0.1, 0.15) is 0 Å².